The molecule has 0 bridgehead atoms. The number of nitrogens with zero attached hydrogens (tertiary/aromatic N) is 2. The molecule has 0 atom stereocenters. The number of carboxylic acids is 1. The number of aliphatic carboxylic acids is 1. The molecule has 0 spiro atoms. The molecule has 1 aromatic heterocycles. The summed E-state index contributed by atoms with van der Waals surface area (Å²) in [5.41, 5.74) is 1.26. The summed E-state index contributed by atoms with van der Waals surface area (Å²) < 4.78 is 0. The van der Waals surface area contributed by atoms with E-state index in [1.54, 1.807) is 6.07 Å². The molecule has 2 N–H and O–H groups in total. The first-order valence-electron chi connectivity index (χ1n) is 7.30. The zero-order valence-electron chi connectivity index (χ0n) is 12.1. The van der Waals surface area contributed by atoms with Crippen molar-refractivity contribution in [3.8, 4) is 0 Å². The van der Waals surface area contributed by atoms with Gasteiger partial charge in [0.15, 0.2) is 0 Å². The second-order valence-corrected chi connectivity index (χ2v) is 5.32. The third-order valence-corrected chi connectivity index (χ3v) is 3.75. The topological polar surface area (TPSA) is 82.5 Å². The van der Waals surface area contributed by atoms with Crippen LogP contribution in [0.4, 0.5) is 5.82 Å². The molecule has 0 saturated carbocycles. The van der Waals surface area contributed by atoms with E-state index in [9.17, 15) is 9.59 Å². The van der Waals surface area contributed by atoms with Crippen molar-refractivity contribution in [1.82, 2.24) is 10.3 Å². The molecule has 0 unspecified atom stereocenters. The molecule has 6 heteroatoms. The van der Waals surface area contributed by atoms with Crippen LogP contribution in [0, 0.1) is 0 Å². The number of amides is 1. The number of hydrogen-bond donors (Lipinski definition) is 2. The Kier molecular flexibility index (Phi) is 3.91. The van der Waals surface area contributed by atoms with Crippen molar-refractivity contribution in [3.63, 3.8) is 0 Å². The van der Waals surface area contributed by atoms with Crippen LogP contribution in [0.25, 0.3) is 10.9 Å². The van der Waals surface area contributed by atoms with Crippen molar-refractivity contribution >= 4 is 28.6 Å². The van der Waals surface area contributed by atoms with Gasteiger partial charge in [0.2, 0.25) is 0 Å². The molecule has 114 valence electrons. The van der Waals surface area contributed by atoms with Gasteiger partial charge in [-0.25, -0.2) is 4.98 Å². The molecule has 2 heterocycles. The molecule has 1 aliphatic rings. The van der Waals surface area contributed by atoms with Gasteiger partial charge < -0.3 is 15.3 Å². The lowest BCUT2D eigenvalue weighted by atomic mass is 10.1. The summed E-state index contributed by atoms with van der Waals surface area (Å²) >= 11 is 0. The SMILES string of the molecule is O=C(O)CNC(=O)c1cc2ccccc2nc1N1CCCC1. The van der Waals surface area contributed by atoms with Gasteiger partial charge in [0.05, 0.1) is 11.1 Å². The maximum Gasteiger partial charge on any atom is 0.322 e. The summed E-state index contributed by atoms with van der Waals surface area (Å²) in [5, 5.41) is 12.0. The van der Waals surface area contributed by atoms with E-state index in [4.69, 9.17) is 5.11 Å². The zero-order chi connectivity index (χ0) is 15.5. The highest BCUT2D eigenvalue weighted by Gasteiger charge is 2.22. The van der Waals surface area contributed by atoms with Crippen molar-refractivity contribution in [3.05, 3.63) is 35.9 Å². The molecule has 1 aliphatic heterocycles. The first-order chi connectivity index (χ1) is 10.6. The molecule has 1 fully saturated rings. The molecule has 22 heavy (non-hydrogen) atoms. The van der Waals surface area contributed by atoms with Gasteiger partial charge >= 0.3 is 5.97 Å². The second-order valence-electron chi connectivity index (χ2n) is 5.32. The first kappa shape index (κ1) is 14.3. The number of aromatic nitrogens is 1. The second kappa shape index (κ2) is 6.01. The Bertz CT molecular complexity index is 724. The quantitative estimate of drug-likeness (QED) is 0.897. The molecule has 1 amide bonds. The largest absolute Gasteiger partial charge is 0.480 e. The number of hydrogen-bond acceptors (Lipinski definition) is 4. The minimum Gasteiger partial charge on any atom is -0.480 e. The number of benzene rings is 1. The molecule has 2 aromatic rings. The number of rotatable bonds is 4. The lowest BCUT2D eigenvalue weighted by Gasteiger charge is -2.20. The Morgan fingerprint density at radius 1 is 1.23 bits per heavy atom. The van der Waals surface area contributed by atoms with Gasteiger partial charge in [0, 0.05) is 18.5 Å². The van der Waals surface area contributed by atoms with E-state index in [0.29, 0.717) is 11.4 Å². The van der Waals surface area contributed by atoms with Gasteiger partial charge in [-0.3, -0.25) is 9.59 Å². The summed E-state index contributed by atoms with van der Waals surface area (Å²) in [4.78, 5) is 29.7. The van der Waals surface area contributed by atoms with E-state index in [0.717, 1.165) is 36.8 Å². The maximum atomic E-state index is 12.3. The number of carbonyl (C=O) groups is 2. The predicted octanol–water partition coefficient (Wildman–Crippen LogP) is 1.65. The fourth-order valence-electron chi connectivity index (χ4n) is 2.69. The number of anilines is 1. The number of carbonyl (C=O) groups excluding carboxylic acids is 1. The highest BCUT2D eigenvalue weighted by atomic mass is 16.4. The smallest absolute Gasteiger partial charge is 0.322 e. The Hall–Kier alpha value is -2.63. The molecular formula is C16H17N3O3. The number of pyridine rings is 1. The lowest BCUT2D eigenvalue weighted by molar-refractivity contribution is -0.135. The van der Waals surface area contributed by atoms with Gasteiger partial charge in [0.1, 0.15) is 12.4 Å². The fraction of sp³-hybridized carbons (Fsp3) is 0.312. The molecule has 6 nitrogen and oxygen atoms in total. The van der Waals surface area contributed by atoms with Gasteiger partial charge in [-0.15, -0.1) is 0 Å². The number of nitrogens with one attached hydrogen (secondary N) is 1. The van der Waals surface area contributed by atoms with Crippen LogP contribution in [0.2, 0.25) is 0 Å². The van der Waals surface area contributed by atoms with E-state index in [1.165, 1.54) is 0 Å². The fourth-order valence-corrected chi connectivity index (χ4v) is 2.69. The van der Waals surface area contributed by atoms with Crippen molar-refractivity contribution in [2.75, 3.05) is 24.5 Å². The molecular weight excluding hydrogens is 282 g/mol. The van der Waals surface area contributed by atoms with Crippen LogP contribution in [0.3, 0.4) is 0 Å². The van der Waals surface area contributed by atoms with Crippen molar-refractivity contribution in [2.45, 2.75) is 12.8 Å². The Morgan fingerprint density at radius 3 is 2.68 bits per heavy atom. The first-order valence-corrected chi connectivity index (χ1v) is 7.30. The lowest BCUT2D eigenvalue weighted by Crippen LogP contribution is -2.31. The summed E-state index contributed by atoms with van der Waals surface area (Å²) in [7, 11) is 0. The third kappa shape index (κ3) is 2.86. The van der Waals surface area contributed by atoms with Gasteiger partial charge in [-0.05, 0) is 25.0 Å². The van der Waals surface area contributed by atoms with Crippen LogP contribution >= 0.6 is 0 Å². The number of fused-ring (bicyclic) bond motifs is 1. The summed E-state index contributed by atoms with van der Waals surface area (Å²) in [6, 6.07) is 9.39. The van der Waals surface area contributed by atoms with Crippen LogP contribution in [0.1, 0.15) is 23.2 Å². The van der Waals surface area contributed by atoms with Crippen molar-refractivity contribution in [2.24, 2.45) is 0 Å². The normalized spacial score (nSPS) is 14.3. The highest BCUT2D eigenvalue weighted by Crippen LogP contribution is 2.26. The number of para-hydroxylation sites is 1. The minimum atomic E-state index is -1.06. The third-order valence-electron chi connectivity index (χ3n) is 3.75. The Balaban J connectivity index is 2.02. The van der Waals surface area contributed by atoms with E-state index in [1.807, 2.05) is 24.3 Å². The minimum absolute atomic E-state index is 0.398. The molecule has 0 radical (unpaired) electrons. The average Bonchev–Trinajstić information content (AvgIpc) is 3.05. The standard InChI is InChI=1S/C16H17N3O3/c20-14(21)10-17-16(22)12-9-11-5-1-2-6-13(11)18-15(12)19-7-3-4-8-19/h1-2,5-6,9H,3-4,7-8,10H2,(H,17,22)(H,20,21). The van der Waals surface area contributed by atoms with Crippen LogP contribution < -0.4 is 10.2 Å². The average molecular weight is 299 g/mol. The van der Waals surface area contributed by atoms with Crippen LogP contribution in [-0.2, 0) is 4.79 Å². The van der Waals surface area contributed by atoms with E-state index in [2.05, 4.69) is 15.2 Å². The van der Waals surface area contributed by atoms with Gasteiger partial charge in [-0.1, -0.05) is 18.2 Å². The van der Waals surface area contributed by atoms with Crippen LogP contribution in [0.5, 0.6) is 0 Å². The summed E-state index contributed by atoms with van der Waals surface area (Å²) in [6.45, 7) is 1.33. The molecule has 0 aliphatic carbocycles. The molecule has 1 aromatic carbocycles. The monoisotopic (exact) mass is 299 g/mol. The maximum absolute atomic E-state index is 12.3. The van der Waals surface area contributed by atoms with Crippen molar-refractivity contribution < 1.29 is 14.7 Å². The molecule has 3 rings (SSSR count). The predicted molar refractivity (Wildman–Crippen MR) is 83.2 cm³/mol. The summed E-state index contributed by atoms with van der Waals surface area (Å²) in [6.07, 6.45) is 2.15. The highest BCUT2D eigenvalue weighted by molar-refractivity contribution is 6.03. The Labute approximate surface area is 127 Å². The van der Waals surface area contributed by atoms with Gasteiger partial charge in [-0.2, -0.15) is 0 Å². The van der Waals surface area contributed by atoms with E-state index < -0.39 is 18.4 Å². The van der Waals surface area contributed by atoms with Crippen LogP contribution in [0.15, 0.2) is 30.3 Å². The van der Waals surface area contributed by atoms with E-state index in [-0.39, 0.29) is 0 Å². The Morgan fingerprint density at radius 2 is 1.95 bits per heavy atom. The van der Waals surface area contributed by atoms with Crippen LogP contribution in [-0.4, -0.2) is 41.6 Å². The van der Waals surface area contributed by atoms with Gasteiger partial charge in [0.25, 0.3) is 5.91 Å². The summed E-state index contributed by atoms with van der Waals surface area (Å²) in [5.74, 6) is -0.827. The van der Waals surface area contributed by atoms with Crippen molar-refractivity contribution in [1.29, 1.82) is 0 Å². The zero-order valence-corrected chi connectivity index (χ0v) is 12.1. The molecule has 1 saturated heterocycles. The number of carboxylic acid groups (broad SMARTS) is 1. The van der Waals surface area contributed by atoms with E-state index >= 15 is 0 Å².